The molecule has 1 aliphatic heterocycles. The van der Waals surface area contributed by atoms with Gasteiger partial charge in [0.2, 0.25) is 0 Å². The topological polar surface area (TPSA) is 50.1 Å². The maximum Gasteiger partial charge on any atom is 0.0105 e. The van der Waals surface area contributed by atoms with Crippen LogP contribution in [0, 0.1) is 5.92 Å². The van der Waals surface area contributed by atoms with Crippen molar-refractivity contribution in [3.63, 3.8) is 0 Å². The Morgan fingerprint density at radius 1 is 1.57 bits per heavy atom. The van der Waals surface area contributed by atoms with Gasteiger partial charge in [0.15, 0.2) is 0 Å². The molecule has 1 saturated heterocycles. The molecule has 0 spiro atoms. The molecule has 0 saturated carbocycles. The molecule has 1 aliphatic rings. The minimum Gasteiger partial charge on any atom is -0.330 e. The standard InChI is InChI=1S/C11H25N3/c1-2-11(14-8-4-6-12)10-5-3-7-13-9-10/h10-11,13-14H,2-9,12H2,1H3. The molecule has 0 aromatic rings. The molecule has 0 bridgehead atoms. The van der Waals surface area contributed by atoms with Gasteiger partial charge in [0, 0.05) is 6.04 Å². The van der Waals surface area contributed by atoms with Gasteiger partial charge in [-0.3, -0.25) is 0 Å². The third kappa shape index (κ3) is 3.95. The Morgan fingerprint density at radius 3 is 3.00 bits per heavy atom. The van der Waals surface area contributed by atoms with E-state index in [1.54, 1.807) is 0 Å². The van der Waals surface area contributed by atoms with E-state index in [9.17, 15) is 0 Å². The van der Waals surface area contributed by atoms with Gasteiger partial charge in [-0.25, -0.2) is 0 Å². The van der Waals surface area contributed by atoms with Gasteiger partial charge in [0.25, 0.3) is 0 Å². The Balaban J connectivity index is 2.21. The molecule has 0 aliphatic carbocycles. The van der Waals surface area contributed by atoms with E-state index in [2.05, 4.69) is 17.6 Å². The van der Waals surface area contributed by atoms with Crippen LogP contribution in [0.25, 0.3) is 0 Å². The zero-order valence-corrected chi connectivity index (χ0v) is 9.39. The largest absolute Gasteiger partial charge is 0.330 e. The van der Waals surface area contributed by atoms with Gasteiger partial charge in [0.05, 0.1) is 0 Å². The molecule has 3 heteroatoms. The summed E-state index contributed by atoms with van der Waals surface area (Å²) in [6.07, 6.45) is 5.04. The van der Waals surface area contributed by atoms with Crippen LogP contribution >= 0.6 is 0 Å². The highest BCUT2D eigenvalue weighted by molar-refractivity contribution is 4.80. The average molecular weight is 199 g/mol. The maximum absolute atomic E-state index is 5.48. The molecule has 0 aromatic carbocycles. The number of piperidine rings is 1. The third-order valence-corrected chi connectivity index (χ3v) is 3.13. The minimum atomic E-state index is 0.689. The fourth-order valence-corrected chi connectivity index (χ4v) is 2.26. The molecule has 1 heterocycles. The van der Waals surface area contributed by atoms with E-state index in [0.717, 1.165) is 25.4 Å². The zero-order valence-electron chi connectivity index (χ0n) is 9.39. The van der Waals surface area contributed by atoms with Crippen molar-refractivity contribution >= 4 is 0 Å². The third-order valence-electron chi connectivity index (χ3n) is 3.13. The lowest BCUT2D eigenvalue weighted by atomic mass is 9.90. The lowest BCUT2D eigenvalue weighted by Gasteiger charge is -2.31. The molecule has 2 unspecified atom stereocenters. The number of nitrogens with one attached hydrogen (secondary N) is 2. The summed E-state index contributed by atoms with van der Waals surface area (Å²) in [6.45, 7) is 6.54. The second-order valence-electron chi connectivity index (χ2n) is 4.22. The minimum absolute atomic E-state index is 0.689. The maximum atomic E-state index is 5.48. The van der Waals surface area contributed by atoms with Gasteiger partial charge < -0.3 is 16.4 Å². The van der Waals surface area contributed by atoms with E-state index >= 15 is 0 Å². The van der Waals surface area contributed by atoms with Gasteiger partial charge in [-0.2, -0.15) is 0 Å². The monoisotopic (exact) mass is 199 g/mol. The lowest BCUT2D eigenvalue weighted by Crippen LogP contribution is -2.44. The summed E-state index contributed by atoms with van der Waals surface area (Å²) in [4.78, 5) is 0. The summed E-state index contributed by atoms with van der Waals surface area (Å²) in [5.74, 6) is 0.825. The van der Waals surface area contributed by atoms with E-state index < -0.39 is 0 Å². The zero-order chi connectivity index (χ0) is 10.2. The van der Waals surface area contributed by atoms with Crippen LogP contribution in [-0.4, -0.2) is 32.2 Å². The normalized spacial score (nSPS) is 24.9. The second-order valence-corrected chi connectivity index (χ2v) is 4.22. The van der Waals surface area contributed by atoms with Gasteiger partial charge in [-0.05, 0) is 57.8 Å². The fourth-order valence-electron chi connectivity index (χ4n) is 2.26. The molecule has 0 aromatic heterocycles. The summed E-state index contributed by atoms with van der Waals surface area (Å²) in [5.41, 5.74) is 5.48. The van der Waals surface area contributed by atoms with E-state index in [4.69, 9.17) is 5.73 Å². The number of rotatable bonds is 6. The summed E-state index contributed by atoms with van der Waals surface area (Å²) >= 11 is 0. The van der Waals surface area contributed by atoms with Crippen molar-refractivity contribution < 1.29 is 0 Å². The molecule has 14 heavy (non-hydrogen) atoms. The molecule has 1 fully saturated rings. The number of hydrogen-bond donors (Lipinski definition) is 3. The molecule has 84 valence electrons. The van der Waals surface area contributed by atoms with Gasteiger partial charge in [-0.1, -0.05) is 6.92 Å². The number of nitrogens with two attached hydrogens (primary N) is 1. The Kier molecular flexibility index (Phi) is 6.15. The van der Waals surface area contributed by atoms with Crippen molar-refractivity contribution in [3.05, 3.63) is 0 Å². The summed E-state index contributed by atoms with van der Waals surface area (Å²) in [6, 6.07) is 0.689. The molecule has 1 rings (SSSR count). The van der Waals surface area contributed by atoms with Crippen LogP contribution in [0.4, 0.5) is 0 Å². The Bertz CT molecular complexity index is 132. The van der Waals surface area contributed by atoms with E-state index in [-0.39, 0.29) is 0 Å². The first-order chi connectivity index (χ1) is 6.88. The predicted molar refractivity (Wildman–Crippen MR) is 61.3 cm³/mol. The van der Waals surface area contributed by atoms with E-state index in [1.165, 1.54) is 32.4 Å². The van der Waals surface area contributed by atoms with Crippen molar-refractivity contribution in [2.24, 2.45) is 11.7 Å². The first kappa shape index (κ1) is 12.0. The van der Waals surface area contributed by atoms with Crippen molar-refractivity contribution in [1.29, 1.82) is 0 Å². The highest BCUT2D eigenvalue weighted by Gasteiger charge is 2.20. The second kappa shape index (κ2) is 7.21. The van der Waals surface area contributed by atoms with Gasteiger partial charge >= 0.3 is 0 Å². The van der Waals surface area contributed by atoms with Crippen LogP contribution < -0.4 is 16.4 Å². The quantitative estimate of drug-likeness (QED) is 0.552. The van der Waals surface area contributed by atoms with Crippen LogP contribution in [-0.2, 0) is 0 Å². The number of hydrogen-bond acceptors (Lipinski definition) is 3. The summed E-state index contributed by atoms with van der Waals surface area (Å²) in [7, 11) is 0. The molecule has 0 radical (unpaired) electrons. The lowest BCUT2D eigenvalue weighted by molar-refractivity contribution is 0.278. The van der Waals surface area contributed by atoms with Crippen LogP contribution in [0.2, 0.25) is 0 Å². The van der Waals surface area contributed by atoms with Crippen molar-refractivity contribution in [1.82, 2.24) is 10.6 Å². The molecule has 0 amide bonds. The Morgan fingerprint density at radius 2 is 2.43 bits per heavy atom. The first-order valence-electron chi connectivity index (χ1n) is 6.02. The molecular weight excluding hydrogens is 174 g/mol. The van der Waals surface area contributed by atoms with Crippen molar-refractivity contribution in [2.45, 2.75) is 38.6 Å². The Hall–Kier alpha value is -0.120. The van der Waals surface area contributed by atoms with E-state index in [0.29, 0.717) is 6.04 Å². The smallest absolute Gasteiger partial charge is 0.0105 e. The molecule has 2 atom stereocenters. The highest BCUT2D eigenvalue weighted by Crippen LogP contribution is 2.16. The first-order valence-corrected chi connectivity index (χ1v) is 6.02. The van der Waals surface area contributed by atoms with Crippen LogP contribution in [0.3, 0.4) is 0 Å². The van der Waals surface area contributed by atoms with Crippen LogP contribution in [0.15, 0.2) is 0 Å². The van der Waals surface area contributed by atoms with Crippen molar-refractivity contribution in [2.75, 3.05) is 26.2 Å². The molecular formula is C11H25N3. The fraction of sp³-hybridized carbons (Fsp3) is 1.00. The van der Waals surface area contributed by atoms with Gasteiger partial charge in [-0.15, -0.1) is 0 Å². The summed E-state index contributed by atoms with van der Waals surface area (Å²) < 4.78 is 0. The SMILES string of the molecule is CCC(NCCCN)C1CCCNC1. The molecule has 4 N–H and O–H groups in total. The van der Waals surface area contributed by atoms with Gasteiger partial charge in [0.1, 0.15) is 0 Å². The molecule has 3 nitrogen and oxygen atoms in total. The summed E-state index contributed by atoms with van der Waals surface area (Å²) in [5, 5.41) is 7.10. The Labute approximate surface area is 87.8 Å². The van der Waals surface area contributed by atoms with Crippen molar-refractivity contribution in [3.8, 4) is 0 Å². The predicted octanol–water partition coefficient (Wildman–Crippen LogP) is 0.703. The van der Waals surface area contributed by atoms with Crippen LogP contribution in [0.1, 0.15) is 32.6 Å². The van der Waals surface area contributed by atoms with E-state index in [1.807, 2.05) is 0 Å². The highest BCUT2D eigenvalue weighted by atomic mass is 15.0. The average Bonchev–Trinajstić information content (AvgIpc) is 2.26. The van der Waals surface area contributed by atoms with Crippen LogP contribution in [0.5, 0.6) is 0 Å².